The van der Waals surface area contributed by atoms with Gasteiger partial charge >= 0.3 is 59.7 Å². The summed E-state index contributed by atoms with van der Waals surface area (Å²) in [5.74, 6) is 0. The van der Waals surface area contributed by atoms with E-state index in [1.807, 2.05) is 6.92 Å². The normalized spacial score (nSPS) is 8.29. The molecule has 0 aromatic rings. The van der Waals surface area contributed by atoms with Gasteiger partial charge in [-0.3, -0.25) is 0 Å². The summed E-state index contributed by atoms with van der Waals surface area (Å²) in [5.41, 5.74) is 0. The van der Waals surface area contributed by atoms with E-state index in [2.05, 4.69) is 6.92 Å². The summed E-state index contributed by atoms with van der Waals surface area (Å²) in [6.45, 7) is 9.36. The average molecular weight is 283 g/mol. The van der Waals surface area contributed by atoms with Gasteiger partial charge in [0.2, 0.25) is 0 Å². The third-order valence-corrected chi connectivity index (χ3v) is 1.81. The topological polar surface area (TPSA) is 0 Å². The Bertz CT molecular complexity index is 84.3. The van der Waals surface area contributed by atoms with E-state index in [0.717, 1.165) is 4.91 Å². The standard InChI is InChI=1S/C5H7S.W/c1-4-6-5(2)3;/h2H,1,3H3;/q-1;. The summed E-state index contributed by atoms with van der Waals surface area (Å²) in [6, 6.07) is 0. The molecule has 0 nitrogen and oxygen atoms in total. The van der Waals surface area contributed by atoms with Crippen molar-refractivity contribution in [3.8, 4) is 0 Å². The molecule has 0 amide bonds. The van der Waals surface area contributed by atoms with Crippen molar-refractivity contribution >= 4 is 15.0 Å². The zero-order chi connectivity index (χ0) is 5.86. The zero-order valence-electron chi connectivity index (χ0n) is 4.39. The molecule has 0 radical (unpaired) electrons. The van der Waals surface area contributed by atoms with E-state index >= 15 is 0 Å². The summed E-state index contributed by atoms with van der Waals surface area (Å²) >= 11 is 3.16. The number of thioether (sulfide) groups is 1. The molecule has 0 saturated carbocycles. The van der Waals surface area contributed by atoms with Crippen LogP contribution in [0.4, 0.5) is 0 Å². The molecule has 0 aliphatic heterocycles. The van der Waals surface area contributed by atoms with E-state index in [4.69, 9.17) is 6.58 Å². The first-order valence-corrected chi connectivity index (χ1v) is 4.18. The molecule has 0 aromatic carbocycles. The molecule has 7 heavy (non-hydrogen) atoms. The minimum absolute atomic E-state index is 0.938. The molecule has 0 bridgehead atoms. The Morgan fingerprint density at radius 3 is 2.00 bits per heavy atom. The molecule has 40 valence electrons. The van der Waals surface area contributed by atoms with Crippen LogP contribution in [0.1, 0.15) is 13.8 Å². The van der Waals surface area contributed by atoms with Crippen molar-refractivity contribution in [3.63, 3.8) is 0 Å². The van der Waals surface area contributed by atoms with E-state index in [-0.39, 0.29) is 0 Å². The van der Waals surface area contributed by atoms with Gasteiger partial charge in [0.25, 0.3) is 0 Å². The second-order valence-corrected chi connectivity index (χ2v) is 5.89. The molecule has 0 aromatic heterocycles. The van der Waals surface area contributed by atoms with Crippen LogP contribution in [0.25, 0.3) is 0 Å². The second kappa shape index (κ2) is 3.63. The van der Waals surface area contributed by atoms with Crippen LogP contribution >= 0.6 is 11.8 Å². The predicted octanol–water partition coefficient (Wildman–Crippen LogP) is 1.75. The molecule has 0 aliphatic rings. The van der Waals surface area contributed by atoms with E-state index in [0.29, 0.717) is 0 Å². The molecule has 0 fully saturated rings. The van der Waals surface area contributed by atoms with Crippen molar-refractivity contribution in [1.29, 1.82) is 0 Å². The van der Waals surface area contributed by atoms with Crippen molar-refractivity contribution in [2.75, 3.05) is 0 Å². The fourth-order valence-electron chi connectivity index (χ4n) is 0.227. The van der Waals surface area contributed by atoms with E-state index in [9.17, 15) is 0 Å². The van der Waals surface area contributed by atoms with Crippen molar-refractivity contribution in [2.24, 2.45) is 0 Å². The fourth-order valence-corrected chi connectivity index (χ4v) is 2.10. The van der Waals surface area contributed by atoms with Gasteiger partial charge in [-0.1, -0.05) is 0 Å². The van der Waals surface area contributed by atoms with Gasteiger partial charge in [-0.25, -0.2) is 0 Å². The summed E-state index contributed by atoms with van der Waals surface area (Å²) in [6.07, 6.45) is 0. The van der Waals surface area contributed by atoms with Gasteiger partial charge in [0.05, 0.1) is 0 Å². The Morgan fingerprint density at radius 2 is 2.00 bits per heavy atom. The first-order valence-electron chi connectivity index (χ1n) is 1.90. The molecule has 0 saturated heterocycles. The Labute approximate surface area is 59.8 Å². The first kappa shape index (κ1) is 7.65. The van der Waals surface area contributed by atoms with Gasteiger partial charge in [-0.15, -0.1) is 0 Å². The van der Waals surface area contributed by atoms with Crippen molar-refractivity contribution in [2.45, 2.75) is 13.8 Å². The summed E-state index contributed by atoms with van der Waals surface area (Å²) in [4.78, 5) is 0.938. The summed E-state index contributed by atoms with van der Waals surface area (Å²) in [7, 11) is 0. The minimum atomic E-state index is 0.938. The van der Waals surface area contributed by atoms with Gasteiger partial charge in [0, 0.05) is 0 Å². The third-order valence-electron chi connectivity index (χ3n) is 0.305. The number of hydrogen-bond acceptors (Lipinski definition) is 1. The Kier molecular flexibility index (Phi) is 3.96. The molecule has 0 aliphatic carbocycles. The number of allylic oxidation sites excluding steroid dienone is 1. The molecule has 2 heteroatoms. The van der Waals surface area contributed by atoms with Crippen LogP contribution < -0.4 is 0 Å². The van der Waals surface area contributed by atoms with Crippen LogP contribution in [0, 0.1) is 6.58 Å². The predicted molar refractivity (Wildman–Crippen MR) is 31.8 cm³/mol. The maximum absolute atomic E-state index is 5.37. The average Bonchev–Trinajstić information content (AvgIpc) is 1.27. The van der Waals surface area contributed by atoms with Crippen LogP contribution in [0.3, 0.4) is 0 Å². The molecular formula is C5H7SW-. The van der Waals surface area contributed by atoms with Crippen LogP contribution in [0.5, 0.6) is 0 Å². The second-order valence-electron chi connectivity index (χ2n) is 1.20. The Morgan fingerprint density at radius 1 is 1.57 bits per heavy atom. The molecule has 0 rings (SSSR count). The van der Waals surface area contributed by atoms with Crippen molar-refractivity contribution in [3.05, 3.63) is 11.5 Å². The number of rotatable bonds is 2. The van der Waals surface area contributed by atoms with Crippen LogP contribution in [-0.2, 0) is 19.4 Å². The molecule has 0 spiro atoms. The van der Waals surface area contributed by atoms with E-state index in [1.54, 1.807) is 11.8 Å². The molecule has 0 heterocycles. The van der Waals surface area contributed by atoms with Gasteiger partial charge < -0.3 is 0 Å². The monoisotopic (exact) mass is 283 g/mol. The maximum atomic E-state index is 5.37. The van der Waals surface area contributed by atoms with E-state index < -0.39 is 0 Å². The van der Waals surface area contributed by atoms with Crippen LogP contribution in [0.2, 0.25) is 0 Å². The Balaban J connectivity index is 3.32. The van der Waals surface area contributed by atoms with Crippen LogP contribution in [0.15, 0.2) is 4.91 Å². The first-order chi connectivity index (χ1) is 3.13. The van der Waals surface area contributed by atoms with Crippen molar-refractivity contribution in [1.82, 2.24) is 0 Å². The van der Waals surface area contributed by atoms with Gasteiger partial charge in [-0.05, 0) is 0 Å². The van der Waals surface area contributed by atoms with Gasteiger partial charge in [0.15, 0.2) is 0 Å². The third kappa shape index (κ3) is 6.65. The van der Waals surface area contributed by atoms with Gasteiger partial charge in [0.1, 0.15) is 0 Å². The Hall–Kier alpha value is 0.648. The molecule has 0 N–H and O–H groups in total. The summed E-state index contributed by atoms with van der Waals surface area (Å²) < 4.78 is 1.38. The molecule has 0 unspecified atom stereocenters. The van der Waals surface area contributed by atoms with Crippen molar-refractivity contribution < 1.29 is 19.4 Å². The zero-order valence-corrected chi connectivity index (χ0v) is 8.14. The summed E-state index contributed by atoms with van der Waals surface area (Å²) in [5, 5.41) is 0. The van der Waals surface area contributed by atoms with Gasteiger partial charge in [-0.2, -0.15) is 0 Å². The fraction of sp³-hybridized carbons (Fsp3) is 0.400. The molecule has 0 atom stereocenters. The van der Waals surface area contributed by atoms with E-state index in [1.165, 1.54) is 22.6 Å². The molecular weight excluding hydrogens is 276 g/mol. The number of hydrogen-bond donors (Lipinski definition) is 0. The SMILES string of the molecule is [CH-]=C(C)S[C](C)=[W]. The quantitative estimate of drug-likeness (QED) is 0.696. The van der Waals surface area contributed by atoms with Crippen LogP contribution in [-0.4, -0.2) is 3.23 Å².